The number of benzene rings is 1. The SMILES string of the molecule is Cc1ccc(NC(=O)C2CSCN2C(=O)c2ccnc3[nH]c(=O)[nH]c23)cc1. The minimum atomic E-state index is -0.585. The Balaban J connectivity index is 1.58. The van der Waals surface area contributed by atoms with Gasteiger partial charge in [0.25, 0.3) is 5.91 Å². The van der Waals surface area contributed by atoms with Crippen molar-refractivity contribution in [3.8, 4) is 0 Å². The number of carbonyl (C=O) groups excluding carboxylic acids is 2. The number of anilines is 1. The van der Waals surface area contributed by atoms with Crippen molar-refractivity contribution in [2.45, 2.75) is 13.0 Å². The number of thioether (sulfide) groups is 1. The maximum atomic E-state index is 13.1. The predicted octanol–water partition coefficient (Wildman–Crippen LogP) is 1.71. The Morgan fingerprint density at radius 2 is 2.00 bits per heavy atom. The Kier molecular flexibility index (Phi) is 4.44. The molecule has 0 aliphatic carbocycles. The molecule has 0 bridgehead atoms. The largest absolute Gasteiger partial charge is 0.325 e. The first-order chi connectivity index (χ1) is 13.0. The van der Waals surface area contributed by atoms with E-state index in [2.05, 4.69) is 20.3 Å². The number of hydrogen-bond donors (Lipinski definition) is 3. The molecule has 4 rings (SSSR count). The molecule has 3 heterocycles. The van der Waals surface area contributed by atoms with Crippen LogP contribution in [0.4, 0.5) is 5.69 Å². The number of imidazole rings is 1. The molecular weight excluding hydrogens is 366 g/mol. The zero-order chi connectivity index (χ0) is 19.0. The second-order valence-corrected chi connectivity index (χ2v) is 7.31. The fourth-order valence-electron chi connectivity index (χ4n) is 2.99. The maximum Gasteiger partial charge on any atom is 0.325 e. The summed E-state index contributed by atoms with van der Waals surface area (Å²) in [6.07, 6.45) is 1.46. The van der Waals surface area contributed by atoms with Gasteiger partial charge in [0.05, 0.1) is 17.0 Å². The molecular formula is C18H17N5O3S. The summed E-state index contributed by atoms with van der Waals surface area (Å²) >= 11 is 1.51. The first-order valence-corrected chi connectivity index (χ1v) is 9.51. The van der Waals surface area contributed by atoms with Crippen LogP contribution in [0.5, 0.6) is 0 Å². The number of nitrogens with zero attached hydrogens (tertiary/aromatic N) is 2. The number of aryl methyl sites for hydroxylation is 1. The predicted molar refractivity (Wildman–Crippen MR) is 104 cm³/mol. The van der Waals surface area contributed by atoms with Crippen LogP contribution in [0.3, 0.4) is 0 Å². The van der Waals surface area contributed by atoms with Crippen LogP contribution >= 0.6 is 11.8 Å². The van der Waals surface area contributed by atoms with Gasteiger partial charge in [-0.3, -0.25) is 14.6 Å². The fourth-order valence-corrected chi connectivity index (χ4v) is 4.14. The summed E-state index contributed by atoms with van der Waals surface area (Å²) in [7, 11) is 0. The molecule has 2 amide bonds. The monoisotopic (exact) mass is 383 g/mol. The highest BCUT2D eigenvalue weighted by molar-refractivity contribution is 7.99. The molecule has 8 nitrogen and oxygen atoms in total. The highest BCUT2D eigenvalue weighted by Gasteiger charge is 2.36. The van der Waals surface area contributed by atoms with E-state index in [9.17, 15) is 14.4 Å². The van der Waals surface area contributed by atoms with Crippen molar-refractivity contribution in [2.24, 2.45) is 0 Å². The summed E-state index contributed by atoms with van der Waals surface area (Å²) in [5.74, 6) is 0.377. The molecule has 0 saturated carbocycles. The summed E-state index contributed by atoms with van der Waals surface area (Å²) in [4.78, 5) is 48.0. The number of nitrogens with one attached hydrogen (secondary N) is 3. The first kappa shape index (κ1) is 17.3. The molecule has 138 valence electrons. The van der Waals surface area contributed by atoms with Crippen LogP contribution in [0.15, 0.2) is 41.3 Å². The summed E-state index contributed by atoms with van der Waals surface area (Å²) < 4.78 is 0. The van der Waals surface area contributed by atoms with E-state index in [1.807, 2.05) is 31.2 Å². The van der Waals surface area contributed by atoms with Crippen molar-refractivity contribution in [1.82, 2.24) is 19.9 Å². The second-order valence-electron chi connectivity index (χ2n) is 6.31. The first-order valence-electron chi connectivity index (χ1n) is 8.36. The zero-order valence-corrected chi connectivity index (χ0v) is 15.3. The van der Waals surface area contributed by atoms with Gasteiger partial charge in [-0.1, -0.05) is 17.7 Å². The van der Waals surface area contributed by atoms with Crippen molar-refractivity contribution in [3.63, 3.8) is 0 Å². The fraction of sp³-hybridized carbons (Fsp3) is 0.222. The molecule has 1 aliphatic rings. The summed E-state index contributed by atoms with van der Waals surface area (Å²) in [5, 5.41) is 2.87. The summed E-state index contributed by atoms with van der Waals surface area (Å²) in [6.45, 7) is 1.97. The normalized spacial score (nSPS) is 16.6. The van der Waals surface area contributed by atoms with E-state index >= 15 is 0 Å². The molecule has 0 spiro atoms. The number of carbonyl (C=O) groups is 2. The quantitative estimate of drug-likeness (QED) is 0.638. The lowest BCUT2D eigenvalue weighted by molar-refractivity contribution is -0.119. The third kappa shape index (κ3) is 3.33. The number of aromatic nitrogens is 3. The second kappa shape index (κ2) is 6.92. The Morgan fingerprint density at radius 1 is 1.22 bits per heavy atom. The molecule has 1 atom stereocenters. The molecule has 1 saturated heterocycles. The minimum absolute atomic E-state index is 0.231. The number of rotatable bonds is 3. The van der Waals surface area contributed by atoms with E-state index in [4.69, 9.17) is 0 Å². The zero-order valence-electron chi connectivity index (χ0n) is 14.5. The van der Waals surface area contributed by atoms with Gasteiger partial charge in [0.1, 0.15) is 6.04 Å². The van der Waals surface area contributed by atoms with Crippen LogP contribution in [0.1, 0.15) is 15.9 Å². The molecule has 2 aromatic heterocycles. The Morgan fingerprint density at radius 3 is 2.78 bits per heavy atom. The molecule has 1 fully saturated rings. The van der Waals surface area contributed by atoms with Gasteiger partial charge in [0, 0.05) is 17.6 Å². The van der Waals surface area contributed by atoms with Crippen LogP contribution in [-0.4, -0.2) is 49.3 Å². The molecule has 1 aromatic carbocycles. The highest BCUT2D eigenvalue weighted by Crippen LogP contribution is 2.25. The lowest BCUT2D eigenvalue weighted by atomic mass is 10.1. The Labute approximate surface area is 158 Å². The number of hydrogen-bond acceptors (Lipinski definition) is 5. The van der Waals surface area contributed by atoms with Gasteiger partial charge in [0.15, 0.2) is 5.65 Å². The third-order valence-corrected chi connectivity index (χ3v) is 5.43. The topological polar surface area (TPSA) is 111 Å². The van der Waals surface area contributed by atoms with Crippen LogP contribution in [0.2, 0.25) is 0 Å². The van der Waals surface area contributed by atoms with Crippen LogP contribution in [0, 0.1) is 6.92 Å². The van der Waals surface area contributed by atoms with E-state index in [1.54, 1.807) is 6.07 Å². The van der Waals surface area contributed by atoms with E-state index in [-0.39, 0.29) is 11.8 Å². The maximum absolute atomic E-state index is 13.1. The molecule has 3 N–H and O–H groups in total. The number of amides is 2. The summed E-state index contributed by atoms with van der Waals surface area (Å²) in [5.41, 5.74) is 2.34. The van der Waals surface area contributed by atoms with Gasteiger partial charge in [-0.05, 0) is 25.1 Å². The van der Waals surface area contributed by atoms with Crippen LogP contribution in [0.25, 0.3) is 11.2 Å². The smallest absolute Gasteiger partial charge is 0.324 e. The van der Waals surface area contributed by atoms with Gasteiger partial charge < -0.3 is 15.2 Å². The molecule has 9 heteroatoms. The highest BCUT2D eigenvalue weighted by atomic mass is 32.2. The average Bonchev–Trinajstić information content (AvgIpc) is 3.28. The molecule has 27 heavy (non-hydrogen) atoms. The van der Waals surface area contributed by atoms with Crippen molar-refractivity contribution in [3.05, 3.63) is 58.1 Å². The molecule has 1 aliphatic heterocycles. The van der Waals surface area contributed by atoms with Crippen molar-refractivity contribution in [1.29, 1.82) is 0 Å². The molecule has 1 unspecified atom stereocenters. The van der Waals surface area contributed by atoms with E-state index < -0.39 is 11.7 Å². The van der Waals surface area contributed by atoms with Crippen molar-refractivity contribution < 1.29 is 9.59 Å². The Hall–Kier alpha value is -3.07. The van der Waals surface area contributed by atoms with E-state index in [0.717, 1.165) is 5.56 Å². The van der Waals surface area contributed by atoms with Gasteiger partial charge in [0.2, 0.25) is 5.91 Å². The minimum Gasteiger partial charge on any atom is -0.324 e. The lowest BCUT2D eigenvalue weighted by Gasteiger charge is -2.23. The van der Waals surface area contributed by atoms with E-state index in [0.29, 0.717) is 34.0 Å². The summed E-state index contributed by atoms with van der Waals surface area (Å²) in [6, 6.07) is 8.46. The standard InChI is InChI=1S/C18H17N5O3S/c1-10-2-4-11(5-3-10)20-16(24)13-8-27-9-23(13)17(25)12-6-7-19-15-14(12)21-18(26)22-15/h2-7,13H,8-9H2,1H3,(H,20,24)(H2,19,21,22,26). The van der Waals surface area contributed by atoms with Crippen LogP contribution < -0.4 is 11.0 Å². The number of H-pyrrole nitrogens is 2. The lowest BCUT2D eigenvalue weighted by Crippen LogP contribution is -2.44. The van der Waals surface area contributed by atoms with Gasteiger partial charge in [-0.25, -0.2) is 9.78 Å². The molecule has 3 aromatic rings. The van der Waals surface area contributed by atoms with Crippen molar-refractivity contribution >= 4 is 40.4 Å². The van der Waals surface area contributed by atoms with Gasteiger partial charge >= 0.3 is 5.69 Å². The van der Waals surface area contributed by atoms with Crippen LogP contribution in [-0.2, 0) is 4.79 Å². The number of fused-ring (bicyclic) bond motifs is 1. The third-order valence-electron chi connectivity index (χ3n) is 4.42. The number of aromatic amines is 2. The Bertz CT molecular complexity index is 1070. The van der Waals surface area contributed by atoms with Gasteiger partial charge in [-0.2, -0.15) is 0 Å². The number of pyridine rings is 1. The average molecular weight is 383 g/mol. The van der Waals surface area contributed by atoms with Gasteiger partial charge in [-0.15, -0.1) is 11.8 Å². The van der Waals surface area contributed by atoms with Crippen molar-refractivity contribution in [2.75, 3.05) is 16.9 Å². The van der Waals surface area contributed by atoms with E-state index in [1.165, 1.54) is 22.9 Å². The molecule has 0 radical (unpaired) electrons.